The van der Waals surface area contributed by atoms with Gasteiger partial charge in [-0.05, 0) is 61.2 Å². The number of carbonyl (C=O) groups is 1. The van der Waals surface area contributed by atoms with E-state index in [0.717, 1.165) is 81.1 Å². The molecular formula is C31H35F3N4O3. The Hall–Kier alpha value is -3.63. The number of rotatable bonds is 10. The largest absolute Gasteiger partial charge is 0.492 e. The maximum absolute atomic E-state index is 13.2. The SMILES string of the molecule is O=C(c1cccnc1)N1CCCc2cccc(OCCCN3CCN(CCOc4cccc(C(F)(F)F)c4)CC3)c21. The number of piperazine rings is 1. The van der Waals surface area contributed by atoms with Crippen LogP contribution in [0.3, 0.4) is 0 Å². The van der Waals surface area contributed by atoms with Crippen molar-refractivity contribution in [3.05, 3.63) is 83.7 Å². The molecule has 0 atom stereocenters. The average molecular weight is 569 g/mol. The highest BCUT2D eigenvalue weighted by Gasteiger charge is 2.31. The van der Waals surface area contributed by atoms with Crippen LogP contribution in [0.25, 0.3) is 0 Å². The molecule has 3 aromatic rings. The summed E-state index contributed by atoms with van der Waals surface area (Å²) in [4.78, 5) is 23.8. The van der Waals surface area contributed by atoms with Crippen molar-refractivity contribution >= 4 is 11.6 Å². The Morgan fingerprint density at radius 1 is 0.878 bits per heavy atom. The molecule has 1 aromatic heterocycles. The topological polar surface area (TPSA) is 58.1 Å². The van der Waals surface area contributed by atoms with Crippen LogP contribution in [0.4, 0.5) is 18.9 Å². The third kappa shape index (κ3) is 7.56. The zero-order valence-corrected chi connectivity index (χ0v) is 23.0. The predicted molar refractivity (Wildman–Crippen MR) is 151 cm³/mol. The van der Waals surface area contributed by atoms with Crippen LogP contribution >= 0.6 is 0 Å². The van der Waals surface area contributed by atoms with E-state index in [4.69, 9.17) is 9.47 Å². The molecule has 0 spiro atoms. The lowest BCUT2D eigenvalue weighted by Gasteiger charge is -2.34. The number of pyridine rings is 1. The van der Waals surface area contributed by atoms with Crippen molar-refractivity contribution in [1.29, 1.82) is 0 Å². The second-order valence-electron chi connectivity index (χ2n) is 10.3. The second-order valence-corrected chi connectivity index (χ2v) is 10.3. The van der Waals surface area contributed by atoms with Gasteiger partial charge in [0.05, 0.1) is 23.4 Å². The number of hydrogen-bond donors (Lipinski definition) is 0. The number of amides is 1. The van der Waals surface area contributed by atoms with Crippen LogP contribution in [-0.2, 0) is 12.6 Å². The van der Waals surface area contributed by atoms with Crippen LogP contribution in [-0.4, -0.2) is 79.7 Å². The van der Waals surface area contributed by atoms with Gasteiger partial charge in [0.15, 0.2) is 0 Å². The van der Waals surface area contributed by atoms with E-state index in [1.807, 2.05) is 17.0 Å². The lowest BCUT2D eigenvalue weighted by atomic mass is 10.00. The van der Waals surface area contributed by atoms with Crippen LogP contribution in [0.2, 0.25) is 0 Å². The molecule has 1 fully saturated rings. The molecule has 0 N–H and O–H groups in total. The van der Waals surface area contributed by atoms with Gasteiger partial charge in [0, 0.05) is 58.2 Å². The minimum Gasteiger partial charge on any atom is -0.492 e. The van der Waals surface area contributed by atoms with E-state index >= 15 is 0 Å². The fourth-order valence-electron chi connectivity index (χ4n) is 5.34. The minimum atomic E-state index is -4.37. The normalized spacial score (nSPS) is 16.3. The van der Waals surface area contributed by atoms with Crippen molar-refractivity contribution in [2.45, 2.75) is 25.4 Å². The molecular weight excluding hydrogens is 533 g/mol. The van der Waals surface area contributed by atoms with E-state index in [2.05, 4.69) is 20.9 Å². The number of ether oxygens (including phenoxy) is 2. The zero-order valence-electron chi connectivity index (χ0n) is 23.0. The lowest BCUT2D eigenvalue weighted by molar-refractivity contribution is -0.137. The summed E-state index contributed by atoms with van der Waals surface area (Å²) in [6.07, 6.45) is 1.57. The summed E-state index contributed by atoms with van der Waals surface area (Å²) in [5.74, 6) is 0.918. The molecule has 0 aliphatic carbocycles. The molecule has 0 radical (unpaired) electrons. The van der Waals surface area contributed by atoms with E-state index in [1.165, 1.54) is 6.07 Å². The van der Waals surface area contributed by atoms with Crippen LogP contribution in [0.1, 0.15) is 34.3 Å². The number of aromatic nitrogens is 1. The van der Waals surface area contributed by atoms with E-state index in [0.29, 0.717) is 31.9 Å². The van der Waals surface area contributed by atoms with Gasteiger partial charge in [-0.2, -0.15) is 13.2 Å². The molecule has 0 bridgehead atoms. The minimum absolute atomic E-state index is 0.0619. The molecule has 0 unspecified atom stereocenters. The Balaban J connectivity index is 1.04. The Morgan fingerprint density at radius 3 is 2.41 bits per heavy atom. The highest BCUT2D eigenvalue weighted by molar-refractivity contribution is 6.07. The van der Waals surface area contributed by atoms with E-state index in [9.17, 15) is 18.0 Å². The summed E-state index contributed by atoms with van der Waals surface area (Å²) in [6.45, 7) is 6.70. The molecule has 41 heavy (non-hydrogen) atoms. The van der Waals surface area contributed by atoms with Crippen LogP contribution in [0, 0.1) is 0 Å². The Labute approximate surface area is 238 Å². The Bertz CT molecular complexity index is 1300. The predicted octanol–water partition coefficient (Wildman–Crippen LogP) is 5.16. The fraction of sp³-hybridized carbons (Fsp3) is 0.419. The van der Waals surface area contributed by atoms with Crippen molar-refractivity contribution in [2.75, 3.05) is 63.9 Å². The molecule has 1 amide bonds. The van der Waals surface area contributed by atoms with Gasteiger partial charge in [-0.1, -0.05) is 18.2 Å². The molecule has 7 nitrogen and oxygen atoms in total. The number of alkyl halides is 3. The first-order valence-corrected chi connectivity index (χ1v) is 14.1. The van der Waals surface area contributed by atoms with E-state index in [1.54, 1.807) is 30.6 Å². The van der Waals surface area contributed by atoms with Gasteiger partial charge in [0.25, 0.3) is 5.91 Å². The molecule has 3 heterocycles. The van der Waals surface area contributed by atoms with Gasteiger partial charge in [-0.3, -0.25) is 14.7 Å². The second kappa shape index (κ2) is 13.4. The van der Waals surface area contributed by atoms with Crippen LogP contribution in [0.5, 0.6) is 11.5 Å². The summed E-state index contributed by atoms with van der Waals surface area (Å²) in [5, 5.41) is 0. The molecule has 2 aromatic carbocycles. The van der Waals surface area contributed by atoms with Crippen LogP contribution < -0.4 is 14.4 Å². The number of aryl methyl sites for hydroxylation is 1. The monoisotopic (exact) mass is 568 g/mol. The Kier molecular flexibility index (Phi) is 9.41. The number of para-hydroxylation sites is 1. The standard InChI is InChI=1S/C31H35F3N4O3/c32-31(33,34)26-9-2-10-27(22-26)40-21-19-37-17-15-36(16-18-37)13-5-20-41-28-11-1-6-24-8-4-14-38(29(24)28)30(39)25-7-3-12-35-23-25/h1-3,6-7,9-12,22-23H,4-5,8,13-21H2. The number of halogens is 3. The summed E-state index contributed by atoms with van der Waals surface area (Å²) in [5.41, 5.74) is 1.86. The van der Waals surface area contributed by atoms with Gasteiger partial charge in [-0.15, -0.1) is 0 Å². The number of nitrogens with zero attached hydrogens (tertiary/aromatic N) is 4. The maximum Gasteiger partial charge on any atom is 0.416 e. The first-order valence-electron chi connectivity index (χ1n) is 14.1. The first kappa shape index (κ1) is 28.9. The number of carbonyl (C=O) groups excluding carboxylic acids is 1. The molecule has 2 aliphatic rings. The van der Waals surface area contributed by atoms with E-state index in [-0.39, 0.29) is 11.7 Å². The molecule has 10 heteroatoms. The van der Waals surface area contributed by atoms with Gasteiger partial charge >= 0.3 is 6.18 Å². The van der Waals surface area contributed by atoms with Crippen molar-refractivity contribution in [3.8, 4) is 11.5 Å². The van der Waals surface area contributed by atoms with Crippen molar-refractivity contribution < 1.29 is 27.4 Å². The summed E-state index contributed by atoms with van der Waals surface area (Å²) < 4.78 is 50.5. The van der Waals surface area contributed by atoms with Crippen molar-refractivity contribution in [3.63, 3.8) is 0 Å². The zero-order chi connectivity index (χ0) is 28.7. The number of anilines is 1. The quantitative estimate of drug-likeness (QED) is 0.315. The number of benzene rings is 2. The molecule has 0 saturated carbocycles. The highest BCUT2D eigenvalue weighted by Crippen LogP contribution is 2.37. The van der Waals surface area contributed by atoms with E-state index < -0.39 is 11.7 Å². The van der Waals surface area contributed by atoms with Crippen LogP contribution in [0.15, 0.2) is 67.0 Å². The molecule has 2 aliphatic heterocycles. The van der Waals surface area contributed by atoms with Gasteiger partial charge in [0.1, 0.15) is 18.1 Å². The smallest absolute Gasteiger partial charge is 0.416 e. The highest BCUT2D eigenvalue weighted by atomic mass is 19.4. The number of hydrogen-bond acceptors (Lipinski definition) is 6. The Morgan fingerprint density at radius 2 is 1.66 bits per heavy atom. The summed E-state index contributed by atoms with van der Waals surface area (Å²) in [6, 6.07) is 14.6. The van der Waals surface area contributed by atoms with Gasteiger partial charge in [0.2, 0.25) is 0 Å². The third-order valence-electron chi connectivity index (χ3n) is 7.51. The fourth-order valence-corrected chi connectivity index (χ4v) is 5.34. The summed E-state index contributed by atoms with van der Waals surface area (Å²) >= 11 is 0. The molecule has 1 saturated heterocycles. The van der Waals surface area contributed by atoms with Gasteiger partial charge < -0.3 is 19.3 Å². The third-order valence-corrected chi connectivity index (χ3v) is 7.51. The molecule has 5 rings (SSSR count). The number of fused-ring (bicyclic) bond motifs is 1. The maximum atomic E-state index is 13.2. The van der Waals surface area contributed by atoms with Gasteiger partial charge in [-0.25, -0.2) is 0 Å². The molecule has 218 valence electrons. The average Bonchev–Trinajstić information content (AvgIpc) is 2.99. The van der Waals surface area contributed by atoms with Crippen molar-refractivity contribution in [1.82, 2.24) is 14.8 Å². The lowest BCUT2D eigenvalue weighted by Crippen LogP contribution is -2.47. The van der Waals surface area contributed by atoms with Crippen molar-refractivity contribution in [2.24, 2.45) is 0 Å². The summed E-state index contributed by atoms with van der Waals surface area (Å²) in [7, 11) is 0. The first-order chi connectivity index (χ1) is 19.9.